The lowest BCUT2D eigenvalue weighted by atomic mass is 10.1. The number of hydrogen-bond donors (Lipinski definition) is 2. The summed E-state index contributed by atoms with van der Waals surface area (Å²) >= 11 is 1.79. The van der Waals surface area contributed by atoms with Gasteiger partial charge in [-0.1, -0.05) is 13.3 Å². The summed E-state index contributed by atoms with van der Waals surface area (Å²) in [6, 6.07) is 0. The number of likely N-dealkylation sites (tertiary alicyclic amines) is 1. The smallest absolute Gasteiger partial charge is 0.151 e. The van der Waals surface area contributed by atoms with E-state index in [1.165, 1.54) is 6.33 Å². The second-order valence-electron chi connectivity index (χ2n) is 6.95. The maximum absolute atomic E-state index is 10.3. The normalized spacial score (nSPS) is 21.0. The number of hydrogen-bond acceptors (Lipinski definition) is 7. The molecule has 0 radical (unpaired) electrons. The van der Waals surface area contributed by atoms with Gasteiger partial charge in [0.25, 0.3) is 0 Å². The molecule has 1 saturated heterocycles. The van der Waals surface area contributed by atoms with Crippen molar-refractivity contribution in [3.63, 3.8) is 0 Å². The van der Waals surface area contributed by atoms with Crippen LogP contribution >= 0.6 is 11.8 Å². The molecule has 2 aromatic heterocycles. The van der Waals surface area contributed by atoms with Crippen molar-refractivity contribution in [2.75, 3.05) is 37.4 Å². The minimum absolute atomic E-state index is 0.257. The molecule has 1 unspecified atom stereocenters. The highest BCUT2D eigenvalue weighted by Gasteiger charge is 2.31. The first-order valence-corrected chi connectivity index (χ1v) is 10.6. The predicted octanol–water partition coefficient (Wildman–Crippen LogP) is 1.94. The van der Waals surface area contributed by atoms with E-state index in [4.69, 9.17) is 10.5 Å². The molecule has 7 nitrogen and oxygen atoms in total. The lowest BCUT2D eigenvalue weighted by Crippen LogP contribution is -2.21. The lowest BCUT2D eigenvalue weighted by Gasteiger charge is -2.14. The number of nitrogens with two attached hydrogens (primary N) is 1. The van der Waals surface area contributed by atoms with Crippen LogP contribution in [-0.4, -0.2) is 62.4 Å². The topological polar surface area (TPSA) is 89.4 Å². The third kappa shape index (κ3) is 4.31. The SMILES string of the molecule is CCCCOCn1cc(CN2CC(O)[C@@H](CSC)C2)c2ncnc(N)c21. The first-order chi connectivity index (χ1) is 12.6. The number of unbranched alkanes of at least 4 members (excludes halogenated alkanes) is 1. The summed E-state index contributed by atoms with van der Waals surface area (Å²) in [7, 11) is 0. The van der Waals surface area contributed by atoms with E-state index in [1.54, 1.807) is 11.8 Å². The minimum Gasteiger partial charge on any atom is -0.391 e. The van der Waals surface area contributed by atoms with E-state index in [1.807, 2.05) is 4.57 Å². The molecule has 3 heterocycles. The molecule has 2 aromatic rings. The number of fused-ring (bicyclic) bond motifs is 1. The zero-order chi connectivity index (χ0) is 18.5. The van der Waals surface area contributed by atoms with Gasteiger partial charge in [-0.15, -0.1) is 0 Å². The molecule has 0 spiro atoms. The number of nitrogens with zero attached hydrogens (tertiary/aromatic N) is 4. The Bertz CT molecular complexity index is 723. The summed E-state index contributed by atoms with van der Waals surface area (Å²) in [5.74, 6) is 1.79. The second kappa shape index (κ2) is 9.03. The number of aliphatic hydroxyl groups is 1. The van der Waals surface area contributed by atoms with E-state index in [9.17, 15) is 5.11 Å². The first kappa shape index (κ1) is 19.4. The van der Waals surface area contributed by atoms with Gasteiger partial charge in [0.15, 0.2) is 5.82 Å². The summed E-state index contributed by atoms with van der Waals surface area (Å²) in [6.45, 7) is 5.68. The molecule has 0 saturated carbocycles. The van der Waals surface area contributed by atoms with Crippen LogP contribution in [0.5, 0.6) is 0 Å². The summed E-state index contributed by atoms with van der Waals surface area (Å²) < 4.78 is 7.77. The Morgan fingerprint density at radius 3 is 3.00 bits per heavy atom. The van der Waals surface area contributed by atoms with Gasteiger partial charge in [0.05, 0.1) is 11.6 Å². The van der Waals surface area contributed by atoms with Gasteiger partial charge in [0, 0.05) is 43.9 Å². The van der Waals surface area contributed by atoms with E-state index < -0.39 is 0 Å². The summed E-state index contributed by atoms with van der Waals surface area (Å²) in [5, 5.41) is 10.3. The van der Waals surface area contributed by atoms with Crippen molar-refractivity contribution >= 4 is 28.6 Å². The Hall–Kier alpha value is -1.35. The summed E-state index contributed by atoms with van der Waals surface area (Å²) in [6.07, 6.45) is 7.56. The van der Waals surface area contributed by atoms with Crippen molar-refractivity contribution in [3.8, 4) is 0 Å². The van der Waals surface area contributed by atoms with Crippen molar-refractivity contribution in [2.24, 2.45) is 5.92 Å². The summed E-state index contributed by atoms with van der Waals surface area (Å²) in [5.41, 5.74) is 8.92. The molecule has 8 heteroatoms. The van der Waals surface area contributed by atoms with E-state index in [-0.39, 0.29) is 6.10 Å². The number of aliphatic hydroxyl groups excluding tert-OH is 1. The highest BCUT2D eigenvalue weighted by Crippen LogP contribution is 2.27. The number of aromatic nitrogens is 3. The molecule has 1 aliphatic heterocycles. The molecule has 1 aliphatic rings. The highest BCUT2D eigenvalue weighted by molar-refractivity contribution is 7.98. The maximum Gasteiger partial charge on any atom is 0.151 e. The van der Waals surface area contributed by atoms with Gasteiger partial charge in [-0.25, -0.2) is 9.97 Å². The zero-order valence-corrected chi connectivity index (χ0v) is 16.4. The predicted molar refractivity (Wildman–Crippen MR) is 106 cm³/mol. The zero-order valence-electron chi connectivity index (χ0n) is 15.6. The Balaban J connectivity index is 1.77. The molecule has 3 rings (SSSR count). The third-order valence-corrected chi connectivity index (χ3v) is 5.64. The molecular formula is C18H29N5O2S. The van der Waals surface area contributed by atoms with E-state index >= 15 is 0 Å². The van der Waals surface area contributed by atoms with Crippen LogP contribution in [0.25, 0.3) is 11.0 Å². The van der Waals surface area contributed by atoms with Crippen LogP contribution in [0, 0.1) is 5.92 Å². The van der Waals surface area contributed by atoms with Gasteiger partial charge in [0.2, 0.25) is 0 Å². The molecule has 0 aliphatic carbocycles. The Kier molecular flexibility index (Phi) is 6.74. The number of β-amino-alcohol motifs (C(OH)–C–C–N with tert-alkyl or cyclic N) is 1. The van der Waals surface area contributed by atoms with Crippen molar-refractivity contribution in [2.45, 2.75) is 39.1 Å². The van der Waals surface area contributed by atoms with Gasteiger partial charge in [0.1, 0.15) is 18.6 Å². The average molecular weight is 380 g/mol. The monoisotopic (exact) mass is 379 g/mol. The van der Waals surface area contributed by atoms with Crippen LogP contribution in [0.3, 0.4) is 0 Å². The lowest BCUT2D eigenvalue weighted by molar-refractivity contribution is 0.0775. The van der Waals surface area contributed by atoms with Crippen LogP contribution in [0.15, 0.2) is 12.5 Å². The number of thioether (sulfide) groups is 1. The highest BCUT2D eigenvalue weighted by atomic mass is 32.2. The number of nitrogen functional groups attached to an aromatic ring is 1. The van der Waals surface area contributed by atoms with Crippen molar-refractivity contribution in [1.29, 1.82) is 0 Å². The fourth-order valence-electron chi connectivity index (χ4n) is 3.54. The Morgan fingerprint density at radius 2 is 2.23 bits per heavy atom. The fraction of sp³-hybridized carbons (Fsp3) is 0.667. The average Bonchev–Trinajstić information content (AvgIpc) is 3.14. The maximum atomic E-state index is 10.3. The van der Waals surface area contributed by atoms with Crippen LogP contribution in [0.2, 0.25) is 0 Å². The van der Waals surface area contributed by atoms with Crippen molar-refractivity contribution in [3.05, 3.63) is 18.1 Å². The Labute approximate surface area is 158 Å². The van der Waals surface area contributed by atoms with Gasteiger partial charge in [-0.05, 0) is 18.4 Å². The van der Waals surface area contributed by atoms with Gasteiger partial charge < -0.3 is 20.1 Å². The molecule has 0 bridgehead atoms. The quantitative estimate of drug-likeness (QED) is 0.644. The third-order valence-electron chi connectivity index (χ3n) is 4.88. The molecule has 1 fully saturated rings. The van der Waals surface area contributed by atoms with Crippen LogP contribution in [0.1, 0.15) is 25.3 Å². The molecule has 144 valence electrons. The minimum atomic E-state index is -0.257. The molecule has 3 N–H and O–H groups in total. The first-order valence-electron chi connectivity index (χ1n) is 9.19. The molecule has 26 heavy (non-hydrogen) atoms. The fourth-order valence-corrected chi connectivity index (χ4v) is 4.30. The largest absolute Gasteiger partial charge is 0.391 e. The molecular weight excluding hydrogens is 350 g/mol. The van der Waals surface area contributed by atoms with Crippen LogP contribution in [-0.2, 0) is 18.0 Å². The number of anilines is 1. The van der Waals surface area contributed by atoms with Crippen LogP contribution in [0.4, 0.5) is 5.82 Å². The number of ether oxygens (including phenoxy) is 1. The van der Waals surface area contributed by atoms with E-state index in [0.29, 0.717) is 25.0 Å². The van der Waals surface area contributed by atoms with Crippen LogP contribution < -0.4 is 5.73 Å². The Morgan fingerprint density at radius 1 is 1.38 bits per heavy atom. The molecule has 0 amide bonds. The molecule has 0 aromatic carbocycles. The standard InChI is InChI=1S/C18H29N5O2S/c1-3-4-5-25-12-23-8-13(16-17(23)18(19)21-11-20-16)6-22-7-14(10-26-2)15(24)9-22/h8,11,14-15,24H,3-7,9-10,12H2,1-2H3,(H2,19,20,21)/t14-,15?/m1/s1. The van der Waals surface area contributed by atoms with Crippen molar-refractivity contribution < 1.29 is 9.84 Å². The van der Waals surface area contributed by atoms with Crippen molar-refractivity contribution in [1.82, 2.24) is 19.4 Å². The van der Waals surface area contributed by atoms with Gasteiger partial charge in [-0.2, -0.15) is 11.8 Å². The molecule has 2 atom stereocenters. The second-order valence-corrected chi connectivity index (χ2v) is 7.86. The van der Waals surface area contributed by atoms with Gasteiger partial charge in [-0.3, -0.25) is 4.90 Å². The van der Waals surface area contributed by atoms with Gasteiger partial charge >= 0.3 is 0 Å². The van der Waals surface area contributed by atoms with E-state index in [2.05, 4.69) is 34.2 Å². The summed E-state index contributed by atoms with van der Waals surface area (Å²) in [4.78, 5) is 10.9. The number of rotatable bonds is 9. The van der Waals surface area contributed by atoms with E-state index in [0.717, 1.165) is 54.9 Å².